The van der Waals surface area contributed by atoms with E-state index in [0.29, 0.717) is 5.56 Å². The van der Waals surface area contributed by atoms with Gasteiger partial charge in [0, 0.05) is 27.5 Å². The van der Waals surface area contributed by atoms with Gasteiger partial charge < -0.3 is 9.30 Å². The number of rotatable bonds is 7. The van der Waals surface area contributed by atoms with Gasteiger partial charge in [-0.15, -0.1) is 0 Å². The fraction of sp³-hybridized carbons (Fsp3) is 0.0822. The second kappa shape index (κ2) is 17.9. The van der Waals surface area contributed by atoms with E-state index < -0.39 is 0 Å². The number of nitrogens with zero attached hydrogens (tertiary/aromatic N) is 2. The van der Waals surface area contributed by atoms with Crippen molar-refractivity contribution >= 4 is 44.9 Å². The quantitative estimate of drug-likeness (QED) is 0.149. The Kier molecular flexibility index (Phi) is 10.7. The van der Waals surface area contributed by atoms with Crippen molar-refractivity contribution in [3.05, 3.63) is 251 Å². The number of aryl methyl sites for hydroxylation is 6. The highest BCUT2D eigenvalue weighted by molar-refractivity contribution is 6.99. The first kappa shape index (κ1) is 46.1. The molecule has 77 heavy (non-hydrogen) atoms. The smallest absolute Gasteiger partial charge is 0.256 e. The second-order valence-electron chi connectivity index (χ2n) is 21.5. The number of hydrogen-bond acceptors (Lipinski definition) is 2. The molecule has 0 spiro atoms. The van der Waals surface area contributed by atoms with E-state index in [4.69, 9.17) is 4.74 Å². The molecule has 0 amide bonds. The van der Waals surface area contributed by atoms with Gasteiger partial charge in [0.2, 0.25) is 0 Å². The summed E-state index contributed by atoms with van der Waals surface area (Å²) in [5.74, 6) is 1.68. The van der Waals surface area contributed by atoms with Crippen LogP contribution >= 0.6 is 0 Å². The van der Waals surface area contributed by atoms with Crippen molar-refractivity contribution < 1.29 is 4.74 Å². The van der Waals surface area contributed by atoms with Crippen LogP contribution in [0.1, 0.15) is 38.9 Å². The molecule has 0 saturated carbocycles. The summed E-state index contributed by atoms with van der Waals surface area (Å²) in [6.07, 6.45) is 0. The Labute approximate surface area is 451 Å². The van der Waals surface area contributed by atoms with Crippen LogP contribution in [-0.2, 0) is 0 Å². The fourth-order valence-corrected chi connectivity index (χ4v) is 13.4. The van der Waals surface area contributed by atoms with Gasteiger partial charge in [-0.2, -0.15) is 5.26 Å². The highest BCUT2D eigenvalue weighted by atomic mass is 16.5. The number of hydrogen-bond donors (Lipinski definition) is 0. The molecule has 0 N–H and O–H groups in total. The molecule has 3 heterocycles. The van der Waals surface area contributed by atoms with Crippen LogP contribution in [0.2, 0.25) is 0 Å². The third-order valence-corrected chi connectivity index (χ3v) is 16.4. The first-order valence-corrected chi connectivity index (χ1v) is 26.7. The van der Waals surface area contributed by atoms with Crippen molar-refractivity contribution in [3.63, 3.8) is 0 Å². The summed E-state index contributed by atoms with van der Waals surface area (Å²) >= 11 is 0. The number of ether oxygens (including phenoxy) is 1. The van der Waals surface area contributed by atoms with Crippen molar-refractivity contribution in [2.45, 2.75) is 41.5 Å². The molecule has 2 aliphatic heterocycles. The van der Waals surface area contributed by atoms with E-state index in [9.17, 15) is 5.26 Å². The standard InChI is InChI=1S/C73H53BN2O/c1-43-31-45(3)69(46(4)32-43)53-29-30-66-61(35-53)62-37-56(70-47(5)33-44(2)34-48(70)6)39-64-72(62)76(66)67-40-54(50-27-25-49(42-75)26-28-50)41-68-71(67)74(64)65-38-55(59-23-14-13-21-57(59)51-17-9-7-10-18-51)36-63(73(65)77-68)60-24-16-15-22-58(60)52-19-11-8-12-20-52/h7-41H,1-6H3. The molecule has 0 bridgehead atoms. The van der Waals surface area contributed by atoms with Gasteiger partial charge in [-0.05, 0) is 201 Å². The zero-order valence-electron chi connectivity index (χ0n) is 44.1. The van der Waals surface area contributed by atoms with Crippen LogP contribution in [0.25, 0.3) is 105 Å². The Hall–Kier alpha value is -9.43. The zero-order valence-corrected chi connectivity index (χ0v) is 44.1. The molecule has 0 radical (unpaired) electrons. The molecule has 1 aromatic heterocycles. The minimum Gasteiger partial charge on any atom is -0.458 e. The highest BCUT2D eigenvalue weighted by Crippen LogP contribution is 2.48. The van der Waals surface area contributed by atoms with Gasteiger partial charge in [0.05, 0.1) is 17.1 Å². The van der Waals surface area contributed by atoms with E-state index in [1.807, 2.05) is 12.1 Å². The van der Waals surface area contributed by atoms with Crippen LogP contribution in [0.3, 0.4) is 0 Å². The monoisotopic (exact) mass is 984 g/mol. The number of fused-ring (bicyclic) bond motifs is 7. The molecule has 14 rings (SSSR count). The van der Waals surface area contributed by atoms with Gasteiger partial charge in [-0.25, -0.2) is 0 Å². The van der Waals surface area contributed by atoms with Crippen molar-refractivity contribution in [3.8, 4) is 101 Å². The average Bonchev–Trinajstić information content (AvgIpc) is 4.03. The third-order valence-electron chi connectivity index (χ3n) is 16.4. The van der Waals surface area contributed by atoms with E-state index in [2.05, 4.69) is 252 Å². The molecular formula is C73H53BN2O. The van der Waals surface area contributed by atoms with Crippen molar-refractivity contribution in [2.24, 2.45) is 0 Å². The lowest BCUT2D eigenvalue weighted by atomic mass is 9.34. The molecule has 4 heteroatoms. The molecular weight excluding hydrogens is 932 g/mol. The van der Waals surface area contributed by atoms with Crippen LogP contribution in [-0.4, -0.2) is 11.3 Å². The van der Waals surface area contributed by atoms with Crippen LogP contribution in [0.15, 0.2) is 212 Å². The van der Waals surface area contributed by atoms with E-state index >= 15 is 0 Å². The molecule has 2 aliphatic rings. The van der Waals surface area contributed by atoms with Crippen LogP contribution < -0.4 is 21.1 Å². The van der Waals surface area contributed by atoms with Crippen molar-refractivity contribution in [2.75, 3.05) is 0 Å². The predicted molar refractivity (Wildman–Crippen MR) is 323 cm³/mol. The molecule has 12 aromatic rings. The van der Waals surface area contributed by atoms with E-state index in [1.165, 1.54) is 88.5 Å². The molecule has 0 atom stereocenters. The first-order chi connectivity index (χ1) is 37.6. The number of nitriles is 1. The normalized spacial score (nSPS) is 12.1. The summed E-state index contributed by atoms with van der Waals surface area (Å²) in [5.41, 5.74) is 31.3. The maximum atomic E-state index is 9.90. The summed E-state index contributed by atoms with van der Waals surface area (Å²) in [6.45, 7) is 13.2. The van der Waals surface area contributed by atoms with Gasteiger partial charge in [0.1, 0.15) is 11.5 Å². The first-order valence-electron chi connectivity index (χ1n) is 26.7. The molecule has 11 aromatic carbocycles. The Bertz CT molecular complexity index is 4430. The van der Waals surface area contributed by atoms with Gasteiger partial charge in [0.25, 0.3) is 6.71 Å². The maximum Gasteiger partial charge on any atom is 0.256 e. The second-order valence-corrected chi connectivity index (χ2v) is 21.5. The maximum absolute atomic E-state index is 9.90. The number of benzene rings is 11. The van der Waals surface area contributed by atoms with Crippen molar-refractivity contribution in [1.82, 2.24) is 4.57 Å². The lowest BCUT2D eigenvalue weighted by Gasteiger charge is -2.35. The van der Waals surface area contributed by atoms with Crippen LogP contribution in [0.4, 0.5) is 0 Å². The van der Waals surface area contributed by atoms with Gasteiger partial charge >= 0.3 is 0 Å². The number of aromatic nitrogens is 1. The summed E-state index contributed by atoms with van der Waals surface area (Å²) in [4.78, 5) is 0. The summed E-state index contributed by atoms with van der Waals surface area (Å²) in [7, 11) is 0. The predicted octanol–water partition coefficient (Wildman–Crippen LogP) is 17.1. The SMILES string of the molecule is Cc1cc(C)c(-c2ccc3c(c2)c2cc(-c4c(C)cc(C)cc4C)cc4c2n3-c2cc(-c3ccc(C#N)cc3)cc3c2B4c2cc(-c4ccccc4-c4ccccc4)cc(-c4ccccc4-c4ccccc4)c2O3)c(C)c1. The zero-order chi connectivity index (χ0) is 52.2. The summed E-state index contributed by atoms with van der Waals surface area (Å²) < 4.78 is 10.3. The minimum absolute atomic E-state index is 0.225. The molecule has 364 valence electrons. The minimum atomic E-state index is -0.225. The fourth-order valence-electron chi connectivity index (χ4n) is 13.4. The lowest BCUT2D eigenvalue weighted by molar-refractivity contribution is 0.489. The van der Waals surface area contributed by atoms with E-state index in [0.717, 1.165) is 78.1 Å². The van der Waals surface area contributed by atoms with Crippen LogP contribution in [0, 0.1) is 52.9 Å². The average molecular weight is 985 g/mol. The van der Waals surface area contributed by atoms with E-state index in [1.54, 1.807) is 0 Å². The van der Waals surface area contributed by atoms with Gasteiger partial charge in [-0.1, -0.05) is 175 Å². The Morgan fingerprint density at radius 1 is 0.403 bits per heavy atom. The van der Waals surface area contributed by atoms with Crippen molar-refractivity contribution in [1.29, 1.82) is 5.26 Å². The topological polar surface area (TPSA) is 38.0 Å². The molecule has 0 saturated heterocycles. The highest BCUT2D eigenvalue weighted by Gasteiger charge is 2.43. The van der Waals surface area contributed by atoms with Gasteiger partial charge in [0.15, 0.2) is 0 Å². The molecule has 3 nitrogen and oxygen atoms in total. The Balaban J connectivity index is 1.14. The molecule has 0 aliphatic carbocycles. The lowest BCUT2D eigenvalue weighted by Crippen LogP contribution is -2.58. The largest absolute Gasteiger partial charge is 0.458 e. The Morgan fingerprint density at radius 2 is 0.922 bits per heavy atom. The van der Waals surface area contributed by atoms with Crippen LogP contribution in [0.5, 0.6) is 11.5 Å². The Morgan fingerprint density at radius 3 is 1.53 bits per heavy atom. The third kappa shape index (κ3) is 7.41. The van der Waals surface area contributed by atoms with E-state index in [-0.39, 0.29) is 6.71 Å². The summed E-state index contributed by atoms with van der Waals surface area (Å²) in [5, 5.41) is 12.3. The molecule has 0 fully saturated rings. The van der Waals surface area contributed by atoms with Gasteiger partial charge in [-0.3, -0.25) is 0 Å². The summed E-state index contributed by atoms with van der Waals surface area (Å²) in [6, 6.07) is 80.3. The molecule has 0 unspecified atom stereocenters.